The molecule has 2 nitrogen and oxygen atoms in total. The number of benzene rings is 1. The average Bonchev–Trinajstić information content (AvgIpc) is 2.35. The number of methoxy groups -OCH3 is 1. The first-order valence-electron chi connectivity index (χ1n) is 3.66. The smallest absolute Gasteiger partial charge is 0.339 e. The van der Waals surface area contributed by atoms with Gasteiger partial charge in [0.15, 0.2) is 0 Å². The van der Waals surface area contributed by atoms with Crippen LogP contribution in [-0.2, 0) is 10.5 Å². The quantitative estimate of drug-likeness (QED) is 0.619. The third kappa shape index (κ3) is 1.01. The van der Waals surface area contributed by atoms with Crippen molar-refractivity contribution in [2.45, 2.75) is 10.6 Å². The van der Waals surface area contributed by atoms with Gasteiger partial charge in [-0.05, 0) is 11.6 Å². The summed E-state index contributed by atoms with van der Waals surface area (Å²) in [4.78, 5) is 12.3. The monoisotopic (exact) mass is 180 g/mol. The first kappa shape index (κ1) is 7.68. The Morgan fingerprint density at radius 3 is 3.08 bits per heavy atom. The Labute approximate surface area is 74.9 Å². The fourth-order valence-corrected chi connectivity index (χ4v) is 2.39. The van der Waals surface area contributed by atoms with E-state index in [1.807, 2.05) is 18.2 Å². The lowest BCUT2D eigenvalue weighted by Gasteiger charge is -2.00. The normalized spacial score (nSPS) is 13.1. The third-order valence-corrected chi connectivity index (χ3v) is 2.99. The minimum absolute atomic E-state index is 0.217. The summed E-state index contributed by atoms with van der Waals surface area (Å²) in [5.41, 5.74) is 1.84. The van der Waals surface area contributed by atoms with Gasteiger partial charge in [0.2, 0.25) is 0 Å². The number of hydrogen-bond donors (Lipinski definition) is 0. The van der Waals surface area contributed by atoms with Gasteiger partial charge in [-0.3, -0.25) is 0 Å². The number of thioether (sulfide) groups is 1. The van der Waals surface area contributed by atoms with Gasteiger partial charge in [0.25, 0.3) is 0 Å². The fourth-order valence-electron chi connectivity index (χ4n) is 1.31. The average molecular weight is 180 g/mol. The predicted molar refractivity (Wildman–Crippen MR) is 47.3 cm³/mol. The largest absolute Gasteiger partial charge is 0.465 e. The third-order valence-electron chi connectivity index (χ3n) is 1.89. The number of fused-ring (bicyclic) bond motifs is 2. The maximum absolute atomic E-state index is 11.3. The van der Waals surface area contributed by atoms with E-state index < -0.39 is 0 Å². The van der Waals surface area contributed by atoms with Gasteiger partial charge < -0.3 is 4.74 Å². The van der Waals surface area contributed by atoms with Crippen LogP contribution in [0.2, 0.25) is 0 Å². The van der Waals surface area contributed by atoms with Crippen LogP contribution in [0.15, 0.2) is 23.1 Å². The van der Waals surface area contributed by atoms with Crippen molar-refractivity contribution in [2.24, 2.45) is 0 Å². The molecule has 0 saturated carbocycles. The lowest BCUT2D eigenvalue weighted by Crippen LogP contribution is -2.03. The predicted octanol–water partition coefficient (Wildman–Crippen LogP) is 2.08. The Bertz CT molecular complexity index is 311. The molecule has 2 rings (SSSR count). The van der Waals surface area contributed by atoms with Crippen molar-refractivity contribution in [2.75, 3.05) is 7.11 Å². The molecule has 0 amide bonds. The van der Waals surface area contributed by atoms with E-state index in [0.717, 1.165) is 21.8 Å². The van der Waals surface area contributed by atoms with Gasteiger partial charge in [-0.25, -0.2) is 4.79 Å². The van der Waals surface area contributed by atoms with Crippen LogP contribution >= 0.6 is 11.8 Å². The second-order valence-electron chi connectivity index (χ2n) is 2.57. The fraction of sp³-hybridized carbons (Fsp3) is 0.222. The van der Waals surface area contributed by atoms with Gasteiger partial charge in [0.05, 0.1) is 12.7 Å². The van der Waals surface area contributed by atoms with Crippen LogP contribution in [0, 0.1) is 0 Å². The van der Waals surface area contributed by atoms with Crippen LogP contribution in [0.25, 0.3) is 0 Å². The minimum Gasteiger partial charge on any atom is -0.465 e. The van der Waals surface area contributed by atoms with Crippen LogP contribution in [0.3, 0.4) is 0 Å². The molecule has 12 heavy (non-hydrogen) atoms. The van der Waals surface area contributed by atoms with Crippen molar-refractivity contribution < 1.29 is 9.53 Å². The Morgan fingerprint density at radius 1 is 1.58 bits per heavy atom. The van der Waals surface area contributed by atoms with Crippen molar-refractivity contribution in [3.8, 4) is 0 Å². The number of carbonyl (C=O) groups excluding carboxylic acids is 1. The van der Waals surface area contributed by atoms with E-state index in [0.29, 0.717) is 0 Å². The molecule has 0 unspecified atom stereocenters. The molecule has 0 fully saturated rings. The molecule has 1 aliphatic rings. The molecule has 2 bridgehead atoms. The highest BCUT2D eigenvalue weighted by Gasteiger charge is 2.22. The zero-order chi connectivity index (χ0) is 8.55. The summed E-state index contributed by atoms with van der Waals surface area (Å²) >= 11 is 1.69. The molecule has 0 spiro atoms. The maximum atomic E-state index is 11.3. The SMILES string of the molecule is COC(=O)c1c2cccc1SC2. The summed E-state index contributed by atoms with van der Waals surface area (Å²) in [6.07, 6.45) is 0. The van der Waals surface area contributed by atoms with Crippen molar-refractivity contribution >= 4 is 17.7 Å². The van der Waals surface area contributed by atoms with Crippen molar-refractivity contribution in [1.29, 1.82) is 0 Å². The zero-order valence-electron chi connectivity index (χ0n) is 6.66. The van der Waals surface area contributed by atoms with Gasteiger partial charge in [0.1, 0.15) is 0 Å². The van der Waals surface area contributed by atoms with E-state index in [-0.39, 0.29) is 5.97 Å². The molecular weight excluding hydrogens is 172 g/mol. The molecule has 0 atom stereocenters. The van der Waals surface area contributed by atoms with Crippen molar-refractivity contribution in [1.82, 2.24) is 0 Å². The van der Waals surface area contributed by atoms with Crippen molar-refractivity contribution in [3.05, 3.63) is 29.3 Å². The molecule has 0 aromatic heterocycles. The summed E-state index contributed by atoms with van der Waals surface area (Å²) in [6, 6.07) is 5.89. The molecular formula is C9H8O2S. The van der Waals surface area contributed by atoms with E-state index in [9.17, 15) is 4.79 Å². The standard InChI is InChI=1S/C9H8O2S/c1-11-9(10)8-6-3-2-4-7(8)12-5-6/h2-4H,5H2,1H3. The van der Waals surface area contributed by atoms with E-state index >= 15 is 0 Å². The number of esters is 1. The molecule has 1 aliphatic heterocycles. The van der Waals surface area contributed by atoms with Gasteiger partial charge >= 0.3 is 5.97 Å². The molecule has 1 aromatic carbocycles. The van der Waals surface area contributed by atoms with Crippen molar-refractivity contribution in [3.63, 3.8) is 0 Å². The first-order chi connectivity index (χ1) is 5.83. The van der Waals surface area contributed by atoms with E-state index in [2.05, 4.69) is 4.74 Å². The van der Waals surface area contributed by atoms with Crippen LogP contribution in [0.1, 0.15) is 15.9 Å². The first-order valence-corrected chi connectivity index (χ1v) is 4.64. The molecule has 0 aliphatic carbocycles. The second-order valence-corrected chi connectivity index (χ2v) is 3.59. The van der Waals surface area contributed by atoms with E-state index in [1.54, 1.807) is 11.8 Å². The molecule has 1 heterocycles. The van der Waals surface area contributed by atoms with Gasteiger partial charge in [0, 0.05) is 10.6 Å². The van der Waals surface area contributed by atoms with Crippen LogP contribution in [-0.4, -0.2) is 13.1 Å². The molecule has 1 aromatic rings. The molecule has 0 saturated heterocycles. The maximum Gasteiger partial charge on any atom is 0.339 e. The Morgan fingerprint density at radius 2 is 2.42 bits per heavy atom. The number of ether oxygens (including phenoxy) is 1. The minimum atomic E-state index is -0.217. The lowest BCUT2D eigenvalue weighted by atomic mass is 10.1. The number of hydrogen-bond acceptors (Lipinski definition) is 3. The van der Waals surface area contributed by atoms with Crippen LogP contribution < -0.4 is 0 Å². The van der Waals surface area contributed by atoms with Gasteiger partial charge in [-0.2, -0.15) is 0 Å². The topological polar surface area (TPSA) is 26.3 Å². The summed E-state index contributed by atoms with van der Waals surface area (Å²) in [6.45, 7) is 0. The van der Waals surface area contributed by atoms with Crippen LogP contribution in [0.5, 0.6) is 0 Å². The molecule has 3 heteroatoms. The number of carbonyl (C=O) groups is 1. The zero-order valence-corrected chi connectivity index (χ0v) is 7.48. The molecule has 62 valence electrons. The van der Waals surface area contributed by atoms with Gasteiger partial charge in [-0.15, -0.1) is 11.8 Å². The highest BCUT2D eigenvalue weighted by molar-refractivity contribution is 7.99. The number of rotatable bonds is 1. The Kier molecular flexibility index (Phi) is 1.81. The summed E-state index contributed by atoms with van der Waals surface area (Å²) in [7, 11) is 1.42. The highest BCUT2D eigenvalue weighted by atomic mass is 32.2. The summed E-state index contributed by atoms with van der Waals surface area (Å²) in [5.74, 6) is 0.679. The second kappa shape index (κ2) is 2.83. The summed E-state index contributed by atoms with van der Waals surface area (Å²) in [5, 5.41) is 0. The highest BCUT2D eigenvalue weighted by Crippen LogP contribution is 2.36. The van der Waals surface area contributed by atoms with E-state index in [4.69, 9.17) is 0 Å². The Hall–Kier alpha value is -0.960. The van der Waals surface area contributed by atoms with E-state index in [1.165, 1.54) is 7.11 Å². The van der Waals surface area contributed by atoms with Crippen LogP contribution in [0.4, 0.5) is 0 Å². The Balaban J connectivity index is 2.52. The molecule has 0 N–H and O–H groups in total. The lowest BCUT2D eigenvalue weighted by molar-refractivity contribution is 0.0596. The summed E-state index contributed by atoms with van der Waals surface area (Å²) < 4.78 is 4.69. The van der Waals surface area contributed by atoms with Gasteiger partial charge in [-0.1, -0.05) is 12.1 Å². The molecule has 0 radical (unpaired) electrons.